The van der Waals surface area contributed by atoms with Crippen LogP contribution in [-0.2, 0) is 17.8 Å². The van der Waals surface area contributed by atoms with Crippen molar-refractivity contribution in [3.63, 3.8) is 0 Å². The van der Waals surface area contributed by atoms with Crippen LogP contribution in [0.5, 0.6) is 0 Å². The number of carbonyl (C=O) groups excluding carboxylic acids is 2. The van der Waals surface area contributed by atoms with Crippen molar-refractivity contribution >= 4 is 11.7 Å². The topological polar surface area (TPSA) is 73.5 Å². The Morgan fingerprint density at radius 3 is 2.61 bits per heavy atom. The van der Waals surface area contributed by atoms with E-state index in [1.54, 1.807) is 12.1 Å². The molecule has 1 atom stereocenters. The maximum atomic E-state index is 14.8. The third kappa shape index (κ3) is 5.08. The van der Waals surface area contributed by atoms with Crippen LogP contribution in [0.15, 0.2) is 35.3 Å². The van der Waals surface area contributed by atoms with Crippen LogP contribution in [0.3, 0.4) is 0 Å². The minimum Gasteiger partial charge on any atom is -0.337 e. The molecule has 2 fully saturated rings. The molecule has 0 bridgehead atoms. The number of aromatic nitrogens is 1. The quantitative estimate of drug-likeness (QED) is 0.680. The second kappa shape index (κ2) is 10.00. The van der Waals surface area contributed by atoms with Crippen molar-refractivity contribution in [1.29, 1.82) is 0 Å². The molecule has 2 aromatic rings. The van der Waals surface area contributed by atoms with E-state index in [2.05, 4.69) is 16.8 Å². The largest absolute Gasteiger partial charge is 0.337 e. The predicted molar refractivity (Wildman–Crippen MR) is 125 cm³/mol. The van der Waals surface area contributed by atoms with Gasteiger partial charge in [-0.05, 0) is 56.0 Å². The Hall–Kier alpha value is -2.80. The molecule has 0 spiro atoms. The number of H-pyrrole nitrogens is 1. The number of amides is 1. The number of piperazine rings is 1. The smallest absolute Gasteiger partial charge is 0.258 e. The second-order valence-corrected chi connectivity index (χ2v) is 9.42. The first-order chi connectivity index (χ1) is 15.8. The molecule has 1 saturated heterocycles. The number of nitrogens with one attached hydrogen (secondary N) is 1. The van der Waals surface area contributed by atoms with Gasteiger partial charge in [-0.1, -0.05) is 18.9 Å². The summed E-state index contributed by atoms with van der Waals surface area (Å²) in [5.74, 6) is -0.133. The summed E-state index contributed by atoms with van der Waals surface area (Å²) in [5.41, 5.74) is 1.74. The monoisotopic (exact) mass is 453 g/mol. The van der Waals surface area contributed by atoms with Gasteiger partial charge in [-0.25, -0.2) is 4.39 Å². The highest BCUT2D eigenvalue weighted by atomic mass is 19.1. The first-order valence-electron chi connectivity index (χ1n) is 11.9. The average Bonchev–Trinajstić information content (AvgIpc) is 3.33. The molecule has 4 rings (SSSR count). The van der Waals surface area contributed by atoms with Crippen molar-refractivity contribution in [1.82, 2.24) is 14.8 Å². The number of rotatable bonds is 6. The van der Waals surface area contributed by atoms with Crippen LogP contribution in [0.2, 0.25) is 0 Å². The fourth-order valence-corrected chi connectivity index (χ4v) is 5.20. The molecule has 6 nitrogen and oxygen atoms in total. The summed E-state index contributed by atoms with van der Waals surface area (Å²) < 4.78 is 14.8. The zero-order valence-corrected chi connectivity index (χ0v) is 19.4. The molecule has 0 unspecified atom stereocenters. The van der Waals surface area contributed by atoms with E-state index in [1.165, 1.54) is 18.3 Å². The van der Waals surface area contributed by atoms with Crippen molar-refractivity contribution < 1.29 is 14.0 Å². The molecule has 1 aromatic heterocycles. The lowest BCUT2D eigenvalue weighted by molar-refractivity contribution is -0.140. The molecule has 2 heterocycles. The van der Waals surface area contributed by atoms with Gasteiger partial charge >= 0.3 is 0 Å². The summed E-state index contributed by atoms with van der Waals surface area (Å²) in [6.45, 7) is 6.38. The summed E-state index contributed by atoms with van der Waals surface area (Å²) in [5, 5.41) is 0. The fourth-order valence-electron chi connectivity index (χ4n) is 5.20. The molecule has 1 aromatic carbocycles. The molecular formula is C26H32FN3O3. The number of hydrogen-bond donors (Lipinski definition) is 1. The van der Waals surface area contributed by atoms with Gasteiger partial charge in [-0.15, -0.1) is 0 Å². The van der Waals surface area contributed by atoms with Gasteiger partial charge in [-0.3, -0.25) is 19.3 Å². The van der Waals surface area contributed by atoms with Crippen molar-refractivity contribution in [2.24, 2.45) is 5.92 Å². The Balaban J connectivity index is 1.44. The Morgan fingerprint density at radius 1 is 1.15 bits per heavy atom. The standard InChI is InChI=1S/C26H32FN3O3/c1-17-15-29(12-13-30(17)26(33)19-6-3-4-7-19)16-22-18(2)20(9-10-23(22)27)14-24(31)21-8-5-11-28-25(21)32/h5,8-11,17,19H,3-4,6-7,12-16H2,1-2H3,(H,28,32)/t17-/m0/s1. The minimum absolute atomic E-state index is 0.0479. The highest BCUT2D eigenvalue weighted by Crippen LogP contribution is 2.28. The molecule has 33 heavy (non-hydrogen) atoms. The highest BCUT2D eigenvalue weighted by Gasteiger charge is 2.33. The molecule has 1 saturated carbocycles. The Labute approximate surface area is 193 Å². The zero-order chi connectivity index (χ0) is 23.5. The molecule has 1 N–H and O–H groups in total. The lowest BCUT2D eigenvalue weighted by atomic mass is 9.95. The van der Waals surface area contributed by atoms with Gasteiger partial charge in [-0.2, -0.15) is 0 Å². The van der Waals surface area contributed by atoms with Crippen LogP contribution in [0, 0.1) is 18.7 Å². The number of Topliss-reactive ketones (excluding diaryl/α,β-unsaturated/α-hetero) is 1. The first kappa shape index (κ1) is 23.4. The van der Waals surface area contributed by atoms with Crippen LogP contribution in [-0.4, -0.2) is 52.2 Å². The van der Waals surface area contributed by atoms with Crippen LogP contribution in [0.25, 0.3) is 0 Å². The van der Waals surface area contributed by atoms with E-state index in [0.29, 0.717) is 31.7 Å². The zero-order valence-electron chi connectivity index (χ0n) is 19.4. The number of carbonyl (C=O) groups is 2. The van der Waals surface area contributed by atoms with Crippen LogP contribution in [0.1, 0.15) is 59.7 Å². The van der Waals surface area contributed by atoms with Gasteiger partial charge in [0.25, 0.3) is 5.56 Å². The number of halogens is 1. The predicted octanol–water partition coefficient (Wildman–Crippen LogP) is 3.47. The normalized spacial score (nSPS) is 19.7. The van der Waals surface area contributed by atoms with Crippen molar-refractivity contribution in [2.75, 3.05) is 19.6 Å². The van der Waals surface area contributed by atoms with Gasteiger partial charge < -0.3 is 9.88 Å². The maximum Gasteiger partial charge on any atom is 0.258 e. The second-order valence-electron chi connectivity index (χ2n) is 9.42. The van der Waals surface area contributed by atoms with E-state index >= 15 is 0 Å². The lowest BCUT2D eigenvalue weighted by Gasteiger charge is -2.41. The summed E-state index contributed by atoms with van der Waals surface area (Å²) >= 11 is 0. The third-order valence-corrected chi connectivity index (χ3v) is 7.20. The van der Waals surface area contributed by atoms with E-state index in [4.69, 9.17) is 0 Å². The van der Waals surface area contributed by atoms with E-state index < -0.39 is 5.56 Å². The number of nitrogens with zero attached hydrogens (tertiary/aromatic N) is 2. The molecular weight excluding hydrogens is 421 g/mol. The van der Waals surface area contributed by atoms with Gasteiger partial charge in [0.1, 0.15) is 5.82 Å². The van der Waals surface area contributed by atoms with Crippen molar-refractivity contribution in [3.8, 4) is 0 Å². The summed E-state index contributed by atoms with van der Waals surface area (Å²) in [6, 6.07) is 6.25. The highest BCUT2D eigenvalue weighted by molar-refractivity contribution is 5.97. The van der Waals surface area contributed by atoms with E-state index in [0.717, 1.165) is 36.8 Å². The molecule has 176 valence electrons. The molecule has 1 aliphatic carbocycles. The van der Waals surface area contributed by atoms with Crippen molar-refractivity contribution in [3.05, 3.63) is 68.9 Å². The number of ketones is 1. The minimum atomic E-state index is -0.415. The molecule has 2 aliphatic rings. The number of benzene rings is 1. The van der Waals surface area contributed by atoms with Crippen LogP contribution >= 0.6 is 0 Å². The maximum absolute atomic E-state index is 14.8. The summed E-state index contributed by atoms with van der Waals surface area (Å²) in [4.78, 5) is 44.2. The van der Waals surface area contributed by atoms with Gasteiger partial charge in [0, 0.05) is 56.3 Å². The van der Waals surface area contributed by atoms with E-state index in [-0.39, 0.29) is 41.5 Å². The summed E-state index contributed by atoms with van der Waals surface area (Å²) in [7, 11) is 0. The molecule has 1 amide bonds. The molecule has 1 aliphatic heterocycles. The fraction of sp³-hybridized carbons (Fsp3) is 0.500. The summed E-state index contributed by atoms with van der Waals surface area (Å²) in [6.07, 6.45) is 5.81. The Morgan fingerprint density at radius 2 is 1.91 bits per heavy atom. The number of aromatic amines is 1. The molecule has 7 heteroatoms. The number of hydrogen-bond acceptors (Lipinski definition) is 4. The SMILES string of the molecule is Cc1c(CC(=O)c2ccc[nH]c2=O)ccc(F)c1CN1CCN(C(=O)C2CCCC2)[C@@H](C)C1. The molecule has 0 radical (unpaired) electrons. The van der Waals surface area contributed by atoms with E-state index in [9.17, 15) is 18.8 Å². The Bertz CT molecular complexity index is 1090. The van der Waals surface area contributed by atoms with Crippen LogP contribution in [0.4, 0.5) is 4.39 Å². The average molecular weight is 454 g/mol. The van der Waals surface area contributed by atoms with E-state index in [1.807, 2.05) is 11.8 Å². The van der Waals surface area contributed by atoms with Crippen LogP contribution < -0.4 is 5.56 Å². The van der Waals surface area contributed by atoms with Gasteiger partial charge in [0.05, 0.1) is 5.56 Å². The van der Waals surface area contributed by atoms with Gasteiger partial charge in [0.15, 0.2) is 5.78 Å². The Kier molecular flexibility index (Phi) is 7.08. The first-order valence-corrected chi connectivity index (χ1v) is 11.9. The van der Waals surface area contributed by atoms with Gasteiger partial charge in [0.2, 0.25) is 5.91 Å². The lowest BCUT2D eigenvalue weighted by Crippen LogP contribution is -2.54. The van der Waals surface area contributed by atoms with Crippen molar-refractivity contribution in [2.45, 2.75) is 58.5 Å². The number of pyridine rings is 1. The third-order valence-electron chi connectivity index (χ3n) is 7.20.